The first-order valence-electron chi connectivity index (χ1n) is 23.4. The van der Waals surface area contributed by atoms with Gasteiger partial charge in [0.05, 0.1) is 23.4 Å². The number of aromatic carboxylic acids is 1. The number of hydrogen-bond acceptors (Lipinski definition) is 14. The Bertz CT molecular complexity index is 2630. The number of anilines is 2. The number of fused-ring (bicyclic) bond motifs is 1. The quantitative estimate of drug-likeness (QED) is 0.0356. The van der Waals surface area contributed by atoms with Gasteiger partial charge in [0.1, 0.15) is 12.3 Å². The van der Waals surface area contributed by atoms with Crippen LogP contribution in [0.15, 0.2) is 53.5 Å². The number of unbranched alkanes of at least 4 members (excludes halogenated alkanes) is 2. The lowest BCUT2D eigenvalue weighted by atomic mass is 10.2. The molecule has 2 aromatic carbocycles. The van der Waals surface area contributed by atoms with Crippen molar-refractivity contribution < 1.29 is 33.3 Å². The van der Waals surface area contributed by atoms with E-state index in [2.05, 4.69) is 68.3 Å². The Balaban J connectivity index is 1.33. The third-order valence-corrected chi connectivity index (χ3v) is 14.6. The molecular formula is C50H70FN9O6S2Si. The molecule has 3 aromatic heterocycles. The molecule has 0 aliphatic rings. The molecule has 0 spiro atoms. The van der Waals surface area contributed by atoms with Gasteiger partial charge in [0, 0.05) is 51.8 Å². The first kappa shape index (κ1) is 54.7. The van der Waals surface area contributed by atoms with Crippen molar-refractivity contribution in [2.24, 2.45) is 4.99 Å². The molecule has 5 aromatic rings. The minimum atomic E-state index is -1.27. The maximum absolute atomic E-state index is 14.9. The Morgan fingerprint density at radius 1 is 0.928 bits per heavy atom. The molecule has 15 nitrogen and oxygen atoms in total. The Morgan fingerprint density at radius 2 is 1.68 bits per heavy atom. The lowest BCUT2D eigenvalue weighted by Crippen LogP contribution is -2.38. The lowest BCUT2D eigenvalue weighted by molar-refractivity contribution is 0.0286. The maximum Gasteiger partial charge on any atom is 0.410 e. The molecule has 0 saturated heterocycles. The van der Waals surface area contributed by atoms with Gasteiger partial charge in [-0.25, -0.2) is 19.0 Å². The van der Waals surface area contributed by atoms with Crippen LogP contribution in [0.25, 0.3) is 10.2 Å². The number of para-hydroxylation sites is 1. The van der Waals surface area contributed by atoms with Crippen molar-refractivity contribution in [3.05, 3.63) is 80.8 Å². The van der Waals surface area contributed by atoms with Crippen LogP contribution in [0.2, 0.25) is 25.7 Å². The molecule has 0 aliphatic heterocycles. The minimum Gasteiger partial charge on any atom is -0.491 e. The molecule has 0 saturated carbocycles. The van der Waals surface area contributed by atoms with E-state index in [-0.39, 0.29) is 24.1 Å². The van der Waals surface area contributed by atoms with Gasteiger partial charge in [-0.2, -0.15) is 4.99 Å². The van der Waals surface area contributed by atoms with Gasteiger partial charge in [-0.3, -0.25) is 9.47 Å². The van der Waals surface area contributed by atoms with Crippen molar-refractivity contribution in [2.45, 2.75) is 97.8 Å². The number of nitrogens with zero attached hydrogens (tertiary/aromatic N) is 9. The molecule has 69 heavy (non-hydrogen) atoms. The average Bonchev–Trinajstić information content (AvgIpc) is 3.85. The Hall–Kier alpha value is -5.23. The van der Waals surface area contributed by atoms with Crippen LogP contribution < -0.4 is 14.4 Å². The standard InChI is InChI=1S/C50H70FN9O6S2Si/c1-36-33-43(54-55-45(36)53-48-60(35-64-31-32-69(9,10)11)39-20-13-14-21-41(39)67-48)59(27-16-12-15-26-57(7)28-29-58(8)49(63)66-50(2,3)4)47-52-44(46(61)62)42(68-47)22-18-30-65-40-24-23-37(34-38(40)51)19-17-25-56(5)6/h13-14,20-21,23-24,33-34H,12,15-16,18,22,25-32,35H2,1-11H3,(H,61,62). The number of halogens is 1. The normalized spacial score (nSPS) is 12.2. The summed E-state index contributed by atoms with van der Waals surface area (Å²) >= 11 is 2.86. The van der Waals surface area contributed by atoms with Gasteiger partial charge >= 0.3 is 12.1 Å². The summed E-state index contributed by atoms with van der Waals surface area (Å²) < 4.78 is 35.5. The number of carbonyl (C=O) groups is 2. The third-order valence-electron chi connectivity index (χ3n) is 10.7. The fourth-order valence-corrected chi connectivity index (χ4v) is 9.67. The van der Waals surface area contributed by atoms with Gasteiger partial charge in [0.2, 0.25) is 0 Å². The van der Waals surface area contributed by atoms with Crippen molar-refractivity contribution in [1.82, 2.24) is 34.4 Å². The Kier molecular flexibility index (Phi) is 20.3. The van der Waals surface area contributed by atoms with E-state index in [0.717, 1.165) is 52.4 Å². The average molecular weight is 1000 g/mol. The van der Waals surface area contributed by atoms with Gasteiger partial charge in [-0.05, 0) is 129 Å². The molecule has 0 radical (unpaired) electrons. The van der Waals surface area contributed by atoms with Crippen LogP contribution >= 0.6 is 22.7 Å². The molecule has 374 valence electrons. The number of likely N-dealkylation sites (N-methyl/N-ethyl adjacent to an activating group) is 2. The molecule has 0 aliphatic carbocycles. The van der Waals surface area contributed by atoms with Crippen LogP contribution in [0.1, 0.15) is 72.9 Å². The van der Waals surface area contributed by atoms with E-state index >= 15 is 0 Å². The number of aryl methyl sites for hydroxylation is 2. The molecule has 0 atom stereocenters. The van der Waals surface area contributed by atoms with Crippen molar-refractivity contribution in [1.29, 1.82) is 0 Å². The SMILES string of the molecule is Cc1cc(N(CCCCCN(C)CCN(C)C(=O)OC(C)(C)C)c2nc(C(=O)O)c(CCCOc3ccc(C#CCN(C)C)cc3F)s2)nnc1N=c1sc2ccccc2n1COCC[Si](C)(C)C. The summed E-state index contributed by atoms with van der Waals surface area (Å²) in [5.41, 5.74) is 1.79. The highest BCUT2D eigenvalue weighted by Gasteiger charge is 2.24. The first-order valence-corrected chi connectivity index (χ1v) is 28.8. The fourth-order valence-electron chi connectivity index (χ4n) is 6.76. The number of carbonyl (C=O) groups excluding carboxylic acids is 1. The second-order valence-corrected chi connectivity index (χ2v) is 27.3. The Labute approximate surface area is 416 Å². The summed E-state index contributed by atoms with van der Waals surface area (Å²) in [5.74, 6) is 5.42. The molecule has 3 heterocycles. The predicted molar refractivity (Wildman–Crippen MR) is 278 cm³/mol. The van der Waals surface area contributed by atoms with Gasteiger partial charge in [0.15, 0.2) is 38.8 Å². The number of carboxylic acid groups (broad SMARTS) is 1. The highest BCUT2D eigenvalue weighted by Crippen LogP contribution is 2.34. The first-order chi connectivity index (χ1) is 32.7. The number of carboxylic acids is 1. The molecule has 0 unspecified atom stereocenters. The van der Waals surface area contributed by atoms with Crippen LogP contribution in [0.3, 0.4) is 0 Å². The van der Waals surface area contributed by atoms with Crippen molar-refractivity contribution in [3.63, 3.8) is 0 Å². The second-order valence-electron chi connectivity index (χ2n) is 19.6. The summed E-state index contributed by atoms with van der Waals surface area (Å²) in [6.45, 7) is 18.8. The van der Waals surface area contributed by atoms with Crippen LogP contribution in [0.4, 0.5) is 26.0 Å². The summed E-state index contributed by atoms with van der Waals surface area (Å²) in [5, 5.41) is 20.1. The zero-order valence-electron chi connectivity index (χ0n) is 42.2. The number of rotatable bonds is 24. The zero-order chi connectivity index (χ0) is 50.3. The van der Waals surface area contributed by atoms with Crippen molar-refractivity contribution >= 4 is 69.8 Å². The summed E-state index contributed by atoms with van der Waals surface area (Å²) in [7, 11) is 6.34. The van der Waals surface area contributed by atoms with E-state index in [1.807, 2.05) is 76.8 Å². The monoisotopic (exact) mass is 1000 g/mol. The van der Waals surface area contributed by atoms with Crippen molar-refractivity contribution in [3.8, 4) is 17.6 Å². The number of aromatic nitrogens is 4. The Morgan fingerprint density at radius 3 is 2.38 bits per heavy atom. The highest BCUT2D eigenvalue weighted by molar-refractivity contribution is 7.16. The van der Waals surface area contributed by atoms with Crippen LogP contribution in [0, 0.1) is 24.6 Å². The predicted octanol–water partition coefficient (Wildman–Crippen LogP) is 9.67. The van der Waals surface area contributed by atoms with E-state index < -0.39 is 25.5 Å². The second kappa shape index (κ2) is 25.6. The van der Waals surface area contributed by atoms with Gasteiger partial charge in [0.25, 0.3) is 0 Å². The number of benzene rings is 2. The summed E-state index contributed by atoms with van der Waals surface area (Å²) in [6.07, 6.45) is 2.98. The van der Waals surface area contributed by atoms with Gasteiger partial charge < -0.3 is 34.0 Å². The topological polar surface area (TPSA) is 151 Å². The number of ether oxygens (including phenoxy) is 3. The summed E-state index contributed by atoms with van der Waals surface area (Å²) in [6, 6.07) is 15.8. The van der Waals surface area contributed by atoms with E-state index in [1.54, 1.807) is 35.4 Å². The van der Waals surface area contributed by atoms with Crippen LogP contribution in [-0.2, 0) is 22.6 Å². The van der Waals surface area contributed by atoms with Crippen LogP contribution in [-0.4, -0.2) is 139 Å². The summed E-state index contributed by atoms with van der Waals surface area (Å²) in [4.78, 5) is 43.7. The van der Waals surface area contributed by atoms with E-state index in [0.29, 0.717) is 79.6 Å². The number of thiazole rings is 2. The molecule has 0 fully saturated rings. The molecule has 1 N–H and O–H groups in total. The maximum atomic E-state index is 14.9. The zero-order valence-corrected chi connectivity index (χ0v) is 44.9. The van der Waals surface area contributed by atoms with E-state index in [9.17, 15) is 19.1 Å². The van der Waals surface area contributed by atoms with Crippen molar-refractivity contribution in [2.75, 3.05) is 79.0 Å². The van der Waals surface area contributed by atoms with Crippen LogP contribution in [0.5, 0.6) is 5.75 Å². The van der Waals surface area contributed by atoms with E-state index in [4.69, 9.17) is 19.2 Å². The molecule has 1 amide bonds. The molecule has 19 heteroatoms. The van der Waals surface area contributed by atoms with Gasteiger partial charge in [-0.1, -0.05) is 61.4 Å². The van der Waals surface area contributed by atoms with E-state index in [1.165, 1.54) is 17.4 Å². The smallest absolute Gasteiger partial charge is 0.410 e. The largest absolute Gasteiger partial charge is 0.491 e. The van der Waals surface area contributed by atoms with Gasteiger partial charge in [-0.15, -0.1) is 21.5 Å². The fraction of sp³-hybridized carbons (Fsp3) is 0.520. The number of amides is 1. The third kappa shape index (κ3) is 17.6. The molecule has 0 bridgehead atoms. The minimum absolute atomic E-state index is 0.0394. The highest BCUT2D eigenvalue weighted by atomic mass is 32.1. The molecule has 5 rings (SSSR count). The molecular weight excluding hydrogens is 934 g/mol. The lowest BCUT2D eigenvalue weighted by Gasteiger charge is -2.26. The number of hydrogen-bond donors (Lipinski definition) is 1.